The Kier molecular flexibility index (Phi) is 1.84. The predicted molar refractivity (Wildman–Crippen MR) is 53.5 cm³/mol. The average molecular weight is 194 g/mol. The zero-order valence-corrected chi connectivity index (χ0v) is 8.48. The minimum Gasteiger partial charge on any atom is -0.338 e. The Morgan fingerprint density at radius 1 is 1.36 bits per heavy atom. The van der Waals surface area contributed by atoms with Crippen LogP contribution in [0.3, 0.4) is 0 Å². The summed E-state index contributed by atoms with van der Waals surface area (Å²) in [5, 5.41) is 0. The maximum atomic E-state index is 11.9. The van der Waals surface area contributed by atoms with Crippen LogP contribution in [0.5, 0.6) is 0 Å². The van der Waals surface area contributed by atoms with Crippen LogP contribution in [0.4, 0.5) is 0 Å². The first-order chi connectivity index (χ1) is 6.74. The number of rotatable bonds is 2. The van der Waals surface area contributed by atoms with E-state index in [9.17, 15) is 4.79 Å². The van der Waals surface area contributed by atoms with E-state index in [1.807, 2.05) is 0 Å². The summed E-state index contributed by atoms with van der Waals surface area (Å²) in [6, 6.07) is 0.642. The Morgan fingerprint density at radius 2 is 2.14 bits per heavy atom. The Bertz CT molecular complexity index is 262. The lowest BCUT2D eigenvalue weighted by Crippen LogP contribution is -2.48. The molecule has 3 aliphatic rings. The topological polar surface area (TPSA) is 46.3 Å². The van der Waals surface area contributed by atoms with Crippen molar-refractivity contribution in [1.29, 1.82) is 0 Å². The van der Waals surface area contributed by atoms with Crippen LogP contribution in [0, 0.1) is 11.8 Å². The van der Waals surface area contributed by atoms with Crippen LogP contribution >= 0.6 is 0 Å². The van der Waals surface area contributed by atoms with Crippen molar-refractivity contribution < 1.29 is 4.79 Å². The first-order valence-corrected chi connectivity index (χ1v) is 5.79. The van der Waals surface area contributed by atoms with E-state index in [1.165, 1.54) is 12.8 Å². The summed E-state index contributed by atoms with van der Waals surface area (Å²) in [6.45, 7) is 0.990. The molecule has 3 heteroatoms. The Hall–Kier alpha value is -0.570. The second kappa shape index (κ2) is 2.96. The zero-order chi connectivity index (χ0) is 9.71. The van der Waals surface area contributed by atoms with Gasteiger partial charge in [0.1, 0.15) is 0 Å². The molecule has 1 saturated heterocycles. The monoisotopic (exact) mass is 194 g/mol. The highest BCUT2D eigenvalue weighted by Gasteiger charge is 2.45. The van der Waals surface area contributed by atoms with Crippen molar-refractivity contribution in [2.75, 3.05) is 6.54 Å². The number of fused-ring (bicyclic) bond motifs is 2. The van der Waals surface area contributed by atoms with E-state index < -0.39 is 0 Å². The fourth-order valence-corrected chi connectivity index (χ4v) is 3.05. The van der Waals surface area contributed by atoms with Gasteiger partial charge in [0.25, 0.3) is 0 Å². The summed E-state index contributed by atoms with van der Waals surface area (Å²) < 4.78 is 0. The van der Waals surface area contributed by atoms with Crippen LogP contribution in [-0.2, 0) is 4.79 Å². The molecule has 1 heterocycles. The van der Waals surface area contributed by atoms with Crippen molar-refractivity contribution in [2.24, 2.45) is 17.6 Å². The summed E-state index contributed by atoms with van der Waals surface area (Å²) in [7, 11) is 0. The van der Waals surface area contributed by atoms with Crippen molar-refractivity contribution in [3.05, 3.63) is 0 Å². The van der Waals surface area contributed by atoms with Crippen LogP contribution in [0.2, 0.25) is 0 Å². The lowest BCUT2D eigenvalue weighted by Gasteiger charge is -2.31. The Labute approximate surface area is 84.6 Å². The van der Waals surface area contributed by atoms with Crippen LogP contribution < -0.4 is 5.73 Å². The van der Waals surface area contributed by atoms with Gasteiger partial charge in [-0.3, -0.25) is 4.79 Å². The summed E-state index contributed by atoms with van der Waals surface area (Å²) in [6.07, 6.45) is 5.62. The minimum absolute atomic E-state index is 0.261. The van der Waals surface area contributed by atoms with E-state index in [4.69, 9.17) is 5.73 Å². The number of nitrogens with zero attached hydrogens (tertiary/aromatic N) is 1. The summed E-state index contributed by atoms with van der Waals surface area (Å²) >= 11 is 0. The van der Waals surface area contributed by atoms with Crippen molar-refractivity contribution in [3.63, 3.8) is 0 Å². The maximum Gasteiger partial charge on any atom is 0.223 e. The van der Waals surface area contributed by atoms with Crippen molar-refractivity contribution in [2.45, 2.75) is 44.2 Å². The van der Waals surface area contributed by atoms with Crippen molar-refractivity contribution in [3.8, 4) is 0 Å². The van der Waals surface area contributed by atoms with Gasteiger partial charge >= 0.3 is 0 Å². The molecule has 0 radical (unpaired) electrons. The van der Waals surface area contributed by atoms with Crippen LogP contribution in [0.1, 0.15) is 32.1 Å². The van der Waals surface area contributed by atoms with Crippen molar-refractivity contribution in [1.82, 2.24) is 4.90 Å². The third kappa shape index (κ3) is 1.34. The number of hydrogen-bond donors (Lipinski definition) is 1. The number of carbonyl (C=O) groups excluding carboxylic acids is 1. The fourth-order valence-electron chi connectivity index (χ4n) is 3.05. The average Bonchev–Trinajstić information content (AvgIpc) is 2.75. The van der Waals surface area contributed by atoms with E-state index in [1.54, 1.807) is 0 Å². The van der Waals surface area contributed by atoms with Crippen molar-refractivity contribution >= 4 is 5.91 Å². The first-order valence-electron chi connectivity index (χ1n) is 5.79. The van der Waals surface area contributed by atoms with E-state index in [0.29, 0.717) is 23.8 Å². The summed E-state index contributed by atoms with van der Waals surface area (Å²) in [5.74, 6) is 1.78. The molecule has 0 spiro atoms. The van der Waals surface area contributed by atoms with E-state index >= 15 is 0 Å². The third-order valence-corrected chi connectivity index (χ3v) is 4.01. The van der Waals surface area contributed by atoms with Gasteiger partial charge in [0, 0.05) is 25.0 Å². The number of nitrogens with two attached hydrogens (primary N) is 1. The highest BCUT2D eigenvalue weighted by molar-refractivity contribution is 5.77. The highest BCUT2D eigenvalue weighted by Crippen LogP contribution is 2.39. The standard InChI is InChI=1S/C11H18N2O/c12-9-3-8-4-10(9)13(6-8)11(14)5-7-1-2-7/h7-10H,1-6,12H2. The van der Waals surface area contributed by atoms with E-state index in [2.05, 4.69) is 4.90 Å². The molecule has 3 atom stereocenters. The van der Waals surface area contributed by atoms with Gasteiger partial charge in [-0.25, -0.2) is 0 Å². The van der Waals surface area contributed by atoms with Crippen LogP contribution in [-0.4, -0.2) is 29.4 Å². The molecule has 3 rings (SSSR count). The minimum atomic E-state index is 0.261. The SMILES string of the molecule is NC1CC2CC1N(C(=O)CC1CC1)C2. The maximum absolute atomic E-state index is 11.9. The molecule has 2 bridgehead atoms. The molecule has 2 aliphatic carbocycles. The lowest BCUT2D eigenvalue weighted by atomic mass is 10.1. The van der Waals surface area contributed by atoms with Gasteiger partial charge in [0.05, 0.1) is 0 Å². The second-order valence-corrected chi connectivity index (χ2v) is 5.26. The molecular weight excluding hydrogens is 176 g/mol. The molecule has 2 saturated carbocycles. The van der Waals surface area contributed by atoms with E-state index in [-0.39, 0.29) is 6.04 Å². The Morgan fingerprint density at radius 3 is 2.71 bits per heavy atom. The molecule has 0 aromatic carbocycles. The molecular formula is C11H18N2O. The number of piperidine rings is 1. The Balaban J connectivity index is 1.64. The fraction of sp³-hybridized carbons (Fsp3) is 0.909. The van der Waals surface area contributed by atoms with Gasteiger partial charge < -0.3 is 10.6 Å². The van der Waals surface area contributed by atoms with Gasteiger partial charge in [0.2, 0.25) is 5.91 Å². The van der Waals surface area contributed by atoms with Crippen LogP contribution in [0.25, 0.3) is 0 Å². The molecule has 0 aromatic heterocycles. The van der Waals surface area contributed by atoms with Gasteiger partial charge in [-0.1, -0.05) is 0 Å². The number of carbonyl (C=O) groups is 1. The molecule has 2 N–H and O–H groups in total. The summed E-state index contributed by atoms with van der Waals surface area (Å²) in [4.78, 5) is 14.0. The molecule has 14 heavy (non-hydrogen) atoms. The normalized spacial score (nSPS) is 40.6. The second-order valence-electron chi connectivity index (χ2n) is 5.26. The molecule has 3 nitrogen and oxygen atoms in total. The largest absolute Gasteiger partial charge is 0.338 e. The first kappa shape index (κ1) is 8.72. The molecule has 3 fully saturated rings. The predicted octanol–water partition coefficient (Wildman–Crippen LogP) is 0.735. The number of hydrogen-bond acceptors (Lipinski definition) is 2. The van der Waals surface area contributed by atoms with Gasteiger partial charge in [-0.15, -0.1) is 0 Å². The third-order valence-electron chi connectivity index (χ3n) is 4.01. The molecule has 1 aliphatic heterocycles. The highest BCUT2D eigenvalue weighted by atomic mass is 16.2. The lowest BCUT2D eigenvalue weighted by molar-refractivity contribution is -0.133. The number of likely N-dealkylation sites (tertiary alicyclic amines) is 1. The van der Waals surface area contributed by atoms with E-state index in [0.717, 1.165) is 25.8 Å². The molecule has 1 amide bonds. The van der Waals surface area contributed by atoms with Gasteiger partial charge in [0.15, 0.2) is 0 Å². The quantitative estimate of drug-likeness (QED) is 0.704. The zero-order valence-electron chi connectivity index (χ0n) is 8.48. The summed E-state index contributed by atoms with van der Waals surface area (Å²) in [5.41, 5.74) is 6.00. The van der Waals surface area contributed by atoms with Crippen LogP contribution in [0.15, 0.2) is 0 Å². The van der Waals surface area contributed by atoms with Gasteiger partial charge in [-0.2, -0.15) is 0 Å². The van der Waals surface area contributed by atoms with Gasteiger partial charge in [-0.05, 0) is 37.5 Å². The number of amides is 1. The molecule has 78 valence electrons. The molecule has 0 aromatic rings. The molecule has 3 unspecified atom stereocenters. The smallest absolute Gasteiger partial charge is 0.223 e.